The van der Waals surface area contributed by atoms with Gasteiger partial charge in [0, 0.05) is 22.5 Å². The number of benzene rings is 1. The quantitative estimate of drug-likeness (QED) is 0.215. The molecule has 1 saturated carbocycles. The average Bonchev–Trinajstić information content (AvgIpc) is 3.06. The van der Waals surface area contributed by atoms with Gasteiger partial charge < -0.3 is 10.3 Å². The fourth-order valence-electron chi connectivity index (χ4n) is 4.60. The molecule has 6 nitrogen and oxygen atoms in total. The van der Waals surface area contributed by atoms with Crippen LogP contribution in [0.4, 0.5) is 5.69 Å². The number of rotatable bonds is 8. The molecule has 186 valence electrons. The van der Waals surface area contributed by atoms with Gasteiger partial charge in [-0.3, -0.25) is 14.5 Å². The fraction of sp³-hybridized carbons (Fsp3) is 0.538. The molecule has 0 aromatic heterocycles. The molecule has 1 aromatic carbocycles. The zero-order valence-electron chi connectivity index (χ0n) is 20.3. The second-order valence-corrected chi connectivity index (χ2v) is 10.7. The molecule has 1 aromatic rings. The first-order valence-corrected chi connectivity index (χ1v) is 13.7. The lowest BCUT2D eigenvalue weighted by Crippen LogP contribution is -2.70. The molecular formula is C26H37ClN4O2S. The number of nitrogens with one attached hydrogen (secondary N) is 1. The molecule has 1 atom stereocenters. The van der Waals surface area contributed by atoms with Crippen LogP contribution in [-0.4, -0.2) is 40.7 Å². The first-order valence-electron chi connectivity index (χ1n) is 12.3. The van der Waals surface area contributed by atoms with E-state index in [0.29, 0.717) is 22.8 Å². The number of amides is 2. The molecule has 0 spiro atoms. The molecular weight excluding hydrogens is 468 g/mol. The van der Waals surface area contributed by atoms with Crippen molar-refractivity contribution in [2.75, 3.05) is 17.2 Å². The zero-order valence-corrected chi connectivity index (χ0v) is 21.8. The highest BCUT2D eigenvalue weighted by molar-refractivity contribution is 8.02. The van der Waals surface area contributed by atoms with Gasteiger partial charge in [-0.05, 0) is 56.2 Å². The lowest BCUT2D eigenvalue weighted by Gasteiger charge is -2.47. The van der Waals surface area contributed by atoms with Crippen LogP contribution in [0.25, 0.3) is 0 Å². The van der Waals surface area contributed by atoms with Gasteiger partial charge in [0.15, 0.2) is 0 Å². The van der Waals surface area contributed by atoms with Crippen LogP contribution in [0.15, 0.2) is 47.5 Å². The van der Waals surface area contributed by atoms with Crippen LogP contribution in [0.1, 0.15) is 65.2 Å². The molecule has 8 heteroatoms. The number of anilines is 1. The van der Waals surface area contributed by atoms with Crippen molar-refractivity contribution >= 4 is 40.9 Å². The number of allylic oxidation sites excluding steroid dienone is 2. The van der Waals surface area contributed by atoms with Crippen LogP contribution in [0.5, 0.6) is 0 Å². The Labute approximate surface area is 212 Å². The number of hydrazine groups is 1. The highest BCUT2D eigenvalue weighted by Gasteiger charge is 2.50. The Morgan fingerprint density at radius 1 is 1.29 bits per heavy atom. The molecule has 1 saturated heterocycles. The summed E-state index contributed by atoms with van der Waals surface area (Å²) in [6, 6.07) is 7.22. The summed E-state index contributed by atoms with van der Waals surface area (Å²) in [6.45, 7) is 4.08. The van der Waals surface area contributed by atoms with Gasteiger partial charge in [-0.2, -0.15) is 0 Å². The van der Waals surface area contributed by atoms with Crippen LogP contribution in [0.2, 0.25) is 5.02 Å². The van der Waals surface area contributed by atoms with Gasteiger partial charge in [0.25, 0.3) is 5.91 Å². The van der Waals surface area contributed by atoms with E-state index in [2.05, 4.69) is 23.7 Å². The standard InChI is InChI=1S/C26H37ClN4O2S/c1-3-4-16-34-17-10-15-23-24(32)31(22-14-9-11-20(27)18-22)26(2,19-30(23)28)25(33)29-21-12-7-5-6-8-13-21/h4,9,11,14-16,18,21H,3,5-8,10,12-13,17,19,28H2,1-2H3,(H,29,33)/b16-4-,23-15-. The topological polar surface area (TPSA) is 78.7 Å². The minimum absolute atomic E-state index is 0.125. The average molecular weight is 505 g/mol. The lowest BCUT2D eigenvalue weighted by atomic mass is 9.92. The number of thioether (sulfide) groups is 1. The van der Waals surface area contributed by atoms with Crippen LogP contribution in [-0.2, 0) is 9.59 Å². The largest absolute Gasteiger partial charge is 0.351 e. The molecule has 1 aliphatic carbocycles. The van der Waals surface area contributed by atoms with Crippen molar-refractivity contribution in [2.45, 2.75) is 76.8 Å². The maximum absolute atomic E-state index is 13.8. The van der Waals surface area contributed by atoms with Crippen LogP contribution >= 0.6 is 23.4 Å². The number of piperazine rings is 1. The Hall–Kier alpha value is -1.96. The molecule has 0 bridgehead atoms. The SMILES string of the molecule is CC/C=C\SCC/C=C1/C(=O)N(c2cccc(Cl)c2)C(C)(C(=O)NC2CCCCCC2)CN1N. The molecule has 1 heterocycles. The Kier molecular flexibility index (Phi) is 9.92. The van der Waals surface area contributed by atoms with E-state index in [1.165, 1.54) is 17.9 Å². The molecule has 2 amide bonds. The highest BCUT2D eigenvalue weighted by atomic mass is 35.5. The van der Waals surface area contributed by atoms with Crippen molar-refractivity contribution in [3.63, 3.8) is 0 Å². The number of carbonyl (C=O) groups is 2. The number of hydrogen-bond acceptors (Lipinski definition) is 5. The normalized spacial score (nSPS) is 23.5. The molecule has 2 aliphatic rings. The zero-order chi connectivity index (χ0) is 24.6. The van der Waals surface area contributed by atoms with E-state index in [1.807, 2.05) is 12.1 Å². The highest BCUT2D eigenvalue weighted by Crippen LogP contribution is 2.34. The lowest BCUT2D eigenvalue weighted by molar-refractivity contribution is -0.133. The van der Waals surface area contributed by atoms with Crippen molar-refractivity contribution in [1.82, 2.24) is 10.3 Å². The molecule has 0 radical (unpaired) electrons. The first kappa shape index (κ1) is 26.6. The fourth-order valence-corrected chi connectivity index (χ4v) is 5.51. The van der Waals surface area contributed by atoms with Crippen molar-refractivity contribution in [2.24, 2.45) is 5.84 Å². The van der Waals surface area contributed by atoms with E-state index < -0.39 is 5.54 Å². The molecule has 1 aliphatic heterocycles. The number of nitrogens with two attached hydrogens (primary N) is 1. The van der Waals surface area contributed by atoms with Gasteiger partial charge in [0.05, 0.1) is 6.54 Å². The minimum Gasteiger partial charge on any atom is -0.351 e. The Morgan fingerprint density at radius 2 is 2.03 bits per heavy atom. The third-order valence-corrected chi connectivity index (χ3v) is 7.54. The van der Waals surface area contributed by atoms with Crippen LogP contribution in [0.3, 0.4) is 0 Å². The van der Waals surface area contributed by atoms with Crippen molar-refractivity contribution in [3.8, 4) is 0 Å². The summed E-state index contributed by atoms with van der Waals surface area (Å²) >= 11 is 7.97. The smallest absolute Gasteiger partial charge is 0.276 e. The van der Waals surface area contributed by atoms with E-state index in [1.54, 1.807) is 41.8 Å². The Balaban J connectivity index is 1.87. The molecule has 34 heavy (non-hydrogen) atoms. The van der Waals surface area contributed by atoms with E-state index in [0.717, 1.165) is 37.9 Å². The van der Waals surface area contributed by atoms with Crippen molar-refractivity contribution in [3.05, 3.63) is 52.5 Å². The second-order valence-electron chi connectivity index (χ2n) is 9.21. The van der Waals surface area contributed by atoms with Gasteiger partial charge in [-0.15, -0.1) is 11.8 Å². The van der Waals surface area contributed by atoms with E-state index in [9.17, 15) is 9.59 Å². The van der Waals surface area contributed by atoms with Crippen LogP contribution in [0, 0.1) is 0 Å². The van der Waals surface area contributed by atoms with E-state index in [4.69, 9.17) is 17.4 Å². The third-order valence-electron chi connectivity index (χ3n) is 6.45. The summed E-state index contributed by atoms with van der Waals surface area (Å²) in [4.78, 5) is 29.0. The molecule has 3 rings (SSSR count). The van der Waals surface area contributed by atoms with Crippen LogP contribution < -0.4 is 16.1 Å². The van der Waals surface area contributed by atoms with Gasteiger partial charge >= 0.3 is 0 Å². The van der Waals surface area contributed by atoms with Crippen molar-refractivity contribution in [1.29, 1.82) is 0 Å². The third kappa shape index (κ3) is 6.58. The van der Waals surface area contributed by atoms with Gasteiger partial charge in [0.1, 0.15) is 11.2 Å². The number of carbonyl (C=O) groups excluding carboxylic acids is 2. The van der Waals surface area contributed by atoms with Gasteiger partial charge in [-0.1, -0.05) is 62.4 Å². The second kappa shape index (κ2) is 12.7. The summed E-state index contributed by atoms with van der Waals surface area (Å²) in [5, 5.41) is 7.25. The molecule has 3 N–H and O–H groups in total. The monoisotopic (exact) mass is 504 g/mol. The molecule has 1 unspecified atom stereocenters. The predicted octanol–water partition coefficient (Wildman–Crippen LogP) is 5.39. The van der Waals surface area contributed by atoms with E-state index in [-0.39, 0.29) is 24.4 Å². The predicted molar refractivity (Wildman–Crippen MR) is 142 cm³/mol. The van der Waals surface area contributed by atoms with Gasteiger partial charge in [0.2, 0.25) is 5.91 Å². The van der Waals surface area contributed by atoms with Crippen molar-refractivity contribution < 1.29 is 9.59 Å². The number of halogens is 1. The Bertz CT molecular complexity index is 914. The number of hydrogen-bond donors (Lipinski definition) is 2. The maximum atomic E-state index is 13.8. The minimum atomic E-state index is -1.17. The molecule has 2 fully saturated rings. The van der Waals surface area contributed by atoms with Gasteiger partial charge in [-0.25, -0.2) is 5.84 Å². The summed E-state index contributed by atoms with van der Waals surface area (Å²) < 4.78 is 0. The maximum Gasteiger partial charge on any atom is 0.276 e. The summed E-state index contributed by atoms with van der Waals surface area (Å²) in [5.41, 5.74) is -0.172. The first-order chi connectivity index (χ1) is 16.4. The summed E-state index contributed by atoms with van der Waals surface area (Å²) in [6.07, 6.45) is 12.2. The summed E-state index contributed by atoms with van der Waals surface area (Å²) in [5.74, 6) is 6.74. The summed E-state index contributed by atoms with van der Waals surface area (Å²) in [7, 11) is 0. The number of nitrogens with zero attached hydrogens (tertiary/aromatic N) is 2. The van der Waals surface area contributed by atoms with E-state index >= 15 is 0 Å². The Morgan fingerprint density at radius 3 is 2.71 bits per heavy atom.